The van der Waals surface area contributed by atoms with Gasteiger partial charge in [0.05, 0.1) is 18.2 Å². The standard InChI is InChI=1S/C23H23N5O4/c1-2-31-23(30)26-18-3-4-19-17(12-22(29)32-20(19)13-18)15-27-7-9-28(10-8-27)21-11-16(14-24)5-6-25-21/h3-6,11-13H,2,7-10,15H2,1H3,(H,26,30). The van der Waals surface area contributed by atoms with Crippen LogP contribution in [-0.4, -0.2) is 48.8 Å². The van der Waals surface area contributed by atoms with Gasteiger partial charge in [-0.15, -0.1) is 0 Å². The largest absolute Gasteiger partial charge is 0.450 e. The van der Waals surface area contributed by atoms with E-state index in [1.807, 2.05) is 6.07 Å². The molecular formula is C23H23N5O4. The lowest BCUT2D eigenvalue weighted by Gasteiger charge is -2.35. The molecule has 1 aliphatic heterocycles. The lowest BCUT2D eigenvalue weighted by atomic mass is 10.1. The number of anilines is 2. The third kappa shape index (κ3) is 4.87. The number of fused-ring (bicyclic) bond motifs is 1. The Balaban J connectivity index is 1.46. The number of carbonyl (C=O) groups is 1. The van der Waals surface area contributed by atoms with Gasteiger partial charge in [-0.25, -0.2) is 14.6 Å². The summed E-state index contributed by atoms with van der Waals surface area (Å²) in [5, 5.41) is 12.5. The molecule has 1 aliphatic rings. The van der Waals surface area contributed by atoms with Gasteiger partial charge in [0.2, 0.25) is 0 Å². The van der Waals surface area contributed by atoms with E-state index in [9.17, 15) is 9.59 Å². The Morgan fingerprint density at radius 3 is 2.78 bits per heavy atom. The summed E-state index contributed by atoms with van der Waals surface area (Å²) in [6.07, 6.45) is 1.10. The number of nitriles is 1. The van der Waals surface area contributed by atoms with Gasteiger partial charge in [-0.2, -0.15) is 5.26 Å². The van der Waals surface area contributed by atoms with Gasteiger partial charge in [0.15, 0.2) is 0 Å². The first kappa shape index (κ1) is 21.3. The van der Waals surface area contributed by atoms with Crippen LogP contribution >= 0.6 is 0 Å². The lowest BCUT2D eigenvalue weighted by Crippen LogP contribution is -2.46. The minimum absolute atomic E-state index is 0.270. The van der Waals surface area contributed by atoms with Crippen LogP contribution in [0.3, 0.4) is 0 Å². The first-order valence-corrected chi connectivity index (χ1v) is 10.4. The summed E-state index contributed by atoms with van der Waals surface area (Å²) in [7, 11) is 0. The molecule has 9 heteroatoms. The zero-order chi connectivity index (χ0) is 22.5. The Morgan fingerprint density at radius 1 is 1.22 bits per heavy atom. The minimum Gasteiger partial charge on any atom is -0.450 e. The van der Waals surface area contributed by atoms with E-state index >= 15 is 0 Å². The molecule has 0 atom stereocenters. The van der Waals surface area contributed by atoms with Gasteiger partial charge < -0.3 is 14.1 Å². The van der Waals surface area contributed by atoms with Crippen molar-refractivity contribution in [3.05, 3.63) is 64.1 Å². The Labute approximate surface area is 184 Å². The zero-order valence-corrected chi connectivity index (χ0v) is 17.7. The van der Waals surface area contributed by atoms with Crippen LogP contribution in [0, 0.1) is 11.3 Å². The molecule has 3 heterocycles. The van der Waals surface area contributed by atoms with Crippen molar-refractivity contribution in [1.29, 1.82) is 5.26 Å². The van der Waals surface area contributed by atoms with Gasteiger partial charge in [0.25, 0.3) is 0 Å². The number of nitrogens with one attached hydrogen (secondary N) is 1. The van der Waals surface area contributed by atoms with Crippen LogP contribution in [0.1, 0.15) is 18.1 Å². The highest BCUT2D eigenvalue weighted by Crippen LogP contribution is 2.23. The SMILES string of the molecule is CCOC(=O)Nc1ccc2c(CN3CCN(c4cc(C#N)ccn4)CC3)cc(=O)oc2c1. The molecule has 0 aliphatic carbocycles. The molecule has 0 bridgehead atoms. The number of hydrogen-bond acceptors (Lipinski definition) is 8. The van der Waals surface area contributed by atoms with E-state index in [4.69, 9.17) is 14.4 Å². The van der Waals surface area contributed by atoms with E-state index in [2.05, 4.69) is 26.2 Å². The summed E-state index contributed by atoms with van der Waals surface area (Å²) in [5.41, 5.74) is 1.94. The Bertz CT molecular complexity index is 1230. The Morgan fingerprint density at radius 2 is 2.03 bits per heavy atom. The zero-order valence-electron chi connectivity index (χ0n) is 17.7. The second-order valence-corrected chi connectivity index (χ2v) is 7.42. The van der Waals surface area contributed by atoms with Crippen molar-refractivity contribution in [2.24, 2.45) is 0 Å². The molecule has 0 saturated carbocycles. The van der Waals surface area contributed by atoms with Crippen molar-refractivity contribution in [3.8, 4) is 6.07 Å². The molecule has 1 N–H and O–H groups in total. The van der Waals surface area contributed by atoms with Gasteiger partial charge >= 0.3 is 11.7 Å². The van der Waals surface area contributed by atoms with Crippen molar-refractivity contribution >= 4 is 28.6 Å². The number of amides is 1. The van der Waals surface area contributed by atoms with Gasteiger partial charge in [-0.05, 0) is 36.8 Å². The number of aromatic nitrogens is 1. The smallest absolute Gasteiger partial charge is 0.411 e. The van der Waals surface area contributed by atoms with Crippen LogP contribution in [0.4, 0.5) is 16.3 Å². The third-order valence-corrected chi connectivity index (χ3v) is 5.32. The highest BCUT2D eigenvalue weighted by atomic mass is 16.5. The fourth-order valence-corrected chi connectivity index (χ4v) is 3.76. The molecule has 1 saturated heterocycles. The quantitative estimate of drug-likeness (QED) is 0.611. The highest BCUT2D eigenvalue weighted by molar-refractivity contribution is 5.89. The van der Waals surface area contributed by atoms with Crippen LogP contribution in [0.5, 0.6) is 0 Å². The number of rotatable bonds is 5. The molecule has 4 rings (SSSR count). The predicted octanol–water partition coefficient (Wildman–Crippen LogP) is 2.95. The predicted molar refractivity (Wildman–Crippen MR) is 120 cm³/mol. The number of benzene rings is 1. The molecule has 32 heavy (non-hydrogen) atoms. The molecule has 1 fully saturated rings. The van der Waals surface area contributed by atoms with Gasteiger partial charge in [0.1, 0.15) is 11.4 Å². The van der Waals surface area contributed by atoms with E-state index < -0.39 is 11.7 Å². The first-order valence-electron chi connectivity index (χ1n) is 10.4. The van der Waals surface area contributed by atoms with E-state index in [1.165, 1.54) is 6.07 Å². The maximum Gasteiger partial charge on any atom is 0.411 e. The molecule has 0 unspecified atom stereocenters. The summed E-state index contributed by atoms with van der Waals surface area (Å²) in [6.45, 7) is 5.73. The number of carbonyl (C=O) groups excluding carboxylic acids is 1. The van der Waals surface area contributed by atoms with E-state index in [0.717, 1.165) is 42.9 Å². The normalized spacial score (nSPS) is 14.2. The maximum atomic E-state index is 12.1. The minimum atomic E-state index is -0.557. The van der Waals surface area contributed by atoms with Crippen molar-refractivity contribution in [2.75, 3.05) is 43.0 Å². The second-order valence-electron chi connectivity index (χ2n) is 7.42. The molecule has 1 amide bonds. The summed E-state index contributed by atoms with van der Waals surface area (Å²) >= 11 is 0. The van der Waals surface area contributed by atoms with Crippen LogP contribution in [0.15, 0.2) is 51.8 Å². The molecule has 164 valence electrons. The maximum absolute atomic E-state index is 12.1. The third-order valence-electron chi connectivity index (χ3n) is 5.32. The van der Waals surface area contributed by atoms with Crippen LogP contribution in [0.2, 0.25) is 0 Å². The Hall–Kier alpha value is -3.90. The van der Waals surface area contributed by atoms with Gasteiger partial charge in [-0.1, -0.05) is 0 Å². The lowest BCUT2D eigenvalue weighted by molar-refractivity contribution is 0.168. The molecule has 2 aromatic heterocycles. The molecule has 3 aromatic rings. The van der Waals surface area contributed by atoms with Gasteiger partial charge in [-0.3, -0.25) is 10.2 Å². The molecular weight excluding hydrogens is 410 g/mol. The van der Waals surface area contributed by atoms with Gasteiger partial charge in [0, 0.05) is 62.1 Å². The number of hydrogen-bond donors (Lipinski definition) is 1. The molecule has 0 radical (unpaired) electrons. The summed E-state index contributed by atoms with van der Waals surface area (Å²) in [4.78, 5) is 32.6. The average molecular weight is 433 g/mol. The summed E-state index contributed by atoms with van der Waals surface area (Å²) < 4.78 is 10.2. The second kappa shape index (κ2) is 9.49. The van der Waals surface area contributed by atoms with Crippen molar-refractivity contribution in [2.45, 2.75) is 13.5 Å². The van der Waals surface area contributed by atoms with Crippen LogP contribution in [0.25, 0.3) is 11.0 Å². The van der Waals surface area contributed by atoms with Crippen molar-refractivity contribution < 1.29 is 13.9 Å². The van der Waals surface area contributed by atoms with Crippen molar-refractivity contribution in [1.82, 2.24) is 9.88 Å². The first-order chi connectivity index (χ1) is 15.6. The molecule has 0 spiro atoms. The number of piperazine rings is 1. The summed E-state index contributed by atoms with van der Waals surface area (Å²) in [6, 6.07) is 12.4. The topological polar surface area (TPSA) is 112 Å². The highest BCUT2D eigenvalue weighted by Gasteiger charge is 2.20. The van der Waals surface area contributed by atoms with E-state index in [1.54, 1.807) is 37.4 Å². The van der Waals surface area contributed by atoms with Crippen molar-refractivity contribution in [3.63, 3.8) is 0 Å². The van der Waals surface area contributed by atoms with E-state index in [-0.39, 0.29) is 6.61 Å². The average Bonchev–Trinajstić information content (AvgIpc) is 2.79. The fourth-order valence-electron chi connectivity index (χ4n) is 3.76. The molecule has 9 nitrogen and oxygen atoms in total. The van der Waals surface area contributed by atoms with Crippen LogP contribution in [-0.2, 0) is 11.3 Å². The fraction of sp³-hybridized carbons (Fsp3) is 0.304. The number of pyridine rings is 1. The number of ether oxygens (including phenoxy) is 1. The summed E-state index contributed by atoms with van der Waals surface area (Å²) in [5.74, 6) is 0.802. The van der Waals surface area contributed by atoms with E-state index in [0.29, 0.717) is 23.4 Å². The Kier molecular flexibility index (Phi) is 6.33. The molecule has 1 aromatic carbocycles. The monoisotopic (exact) mass is 433 g/mol. The number of nitrogens with zero attached hydrogens (tertiary/aromatic N) is 4. The van der Waals surface area contributed by atoms with Crippen LogP contribution < -0.4 is 15.8 Å².